The van der Waals surface area contributed by atoms with Gasteiger partial charge < -0.3 is 35.9 Å². The van der Waals surface area contributed by atoms with Crippen molar-refractivity contribution in [2.24, 2.45) is 16.5 Å². The summed E-state index contributed by atoms with van der Waals surface area (Å²) in [4.78, 5) is 35.9. The van der Waals surface area contributed by atoms with Crippen LogP contribution in [0.15, 0.2) is 23.2 Å². The third kappa shape index (κ3) is 8.78. The number of nitrogens with two attached hydrogens (primary N) is 2. The first kappa shape index (κ1) is 32.6. The van der Waals surface area contributed by atoms with Crippen LogP contribution in [0.1, 0.15) is 85.3 Å². The van der Waals surface area contributed by atoms with Crippen molar-refractivity contribution in [1.29, 1.82) is 0 Å². The second-order valence-electron chi connectivity index (χ2n) is 13.3. The Bertz CT molecular complexity index is 1140. The SMILES string of the molecule is CC(C)(C)OC(=O)NO[C@](C)(C(=O)OC(C)(C)C)[C@H]1CCc2cc(C(N)=NC3CC(N)(CC(O)CO)C3)ccc2O1. The molecule has 1 heterocycles. The maximum absolute atomic E-state index is 13.3. The molecule has 1 aliphatic heterocycles. The third-order valence-corrected chi connectivity index (χ3v) is 6.92. The van der Waals surface area contributed by atoms with Gasteiger partial charge in [-0.05, 0) is 104 Å². The molecule has 2 aliphatic rings. The molecule has 1 aromatic rings. The number of amidine groups is 1. The molecule has 3 atom stereocenters. The number of carbonyl (C=O) groups is 2. The van der Waals surface area contributed by atoms with Crippen LogP contribution in [0, 0.1) is 0 Å². The maximum Gasteiger partial charge on any atom is 0.431 e. The lowest BCUT2D eigenvalue weighted by Crippen LogP contribution is -2.58. The Labute approximate surface area is 241 Å². The van der Waals surface area contributed by atoms with Gasteiger partial charge in [0.05, 0.1) is 18.8 Å². The first-order valence-corrected chi connectivity index (χ1v) is 13.9. The number of aliphatic hydroxyl groups is 2. The third-order valence-electron chi connectivity index (χ3n) is 6.92. The van der Waals surface area contributed by atoms with Crippen LogP contribution in [-0.4, -0.2) is 75.3 Å². The minimum absolute atomic E-state index is 0.0632. The summed E-state index contributed by atoms with van der Waals surface area (Å²) >= 11 is 0. The fraction of sp³-hybridized carbons (Fsp3) is 0.690. The number of hydrogen-bond donors (Lipinski definition) is 5. The number of aliphatic imine (C=N–C) groups is 1. The molecule has 7 N–H and O–H groups in total. The predicted molar refractivity (Wildman–Crippen MR) is 152 cm³/mol. The van der Waals surface area contributed by atoms with Crippen LogP contribution in [0.3, 0.4) is 0 Å². The van der Waals surface area contributed by atoms with Crippen LogP contribution < -0.4 is 21.7 Å². The van der Waals surface area contributed by atoms with E-state index in [2.05, 4.69) is 10.5 Å². The zero-order valence-electron chi connectivity index (χ0n) is 25.2. The average Bonchev–Trinajstić information content (AvgIpc) is 2.83. The summed E-state index contributed by atoms with van der Waals surface area (Å²) < 4.78 is 17.1. The quantitative estimate of drug-likeness (QED) is 0.126. The van der Waals surface area contributed by atoms with E-state index in [1.165, 1.54) is 6.92 Å². The summed E-state index contributed by atoms with van der Waals surface area (Å²) in [5.74, 6) is 0.231. The lowest BCUT2D eigenvalue weighted by molar-refractivity contribution is -0.205. The van der Waals surface area contributed by atoms with Gasteiger partial charge in [0.15, 0.2) is 0 Å². The number of benzene rings is 1. The number of hydroxylamine groups is 1. The Morgan fingerprint density at radius 3 is 2.37 bits per heavy atom. The van der Waals surface area contributed by atoms with Crippen molar-refractivity contribution in [3.8, 4) is 5.75 Å². The molecule has 0 aromatic heterocycles. The number of hydrogen-bond acceptors (Lipinski definition) is 10. The largest absolute Gasteiger partial charge is 0.486 e. The number of aryl methyl sites for hydroxylation is 1. The van der Waals surface area contributed by atoms with E-state index in [1.807, 2.05) is 6.07 Å². The summed E-state index contributed by atoms with van der Waals surface area (Å²) in [5.41, 5.74) is 12.6. The van der Waals surface area contributed by atoms with Gasteiger partial charge in [-0.3, -0.25) is 4.99 Å². The number of rotatable bonds is 9. The Hall–Kier alpha value is -2.93. The van der Waals surface area contributed by atoms with Crippen LogP contribution in [0.25, 0.3) is 0 Å². The molecule has 0 saturated heterocycles. The molecule has 1 aromatic carbocycles. The van der Waals surface area contributed by atoms with Crippen molar-refractivity contribution >= 4 is 17.9 Å². The number of nitrogens with one attached hydrogen (secondary N) is 1. The summed E-state index contributed by atoms with van der Waals surface area (Å²) in [6.45, 7) is 11.6. The Morgan fingerprint density at radius 2 is 1.78 bits per heavy atom. The number of ether oxygens (including phenoxy) is 3. The van der Waals surface area contributed by atoms with Crippen molar-refractivity contribution < 1.29 is 38.9 Å². The Balaban J connectivity index is 1.73. The van der Waals surface area contributed by atoms with Crippen LogP contribution in [0.2, 0.25) is 0 Å². The molecule has 3 rings (SSSR count). The predicted octanol–water partition coefficient (Wildman–Crippen LogP) is 2.25. The highest BCUT2D eigenvalue weighted by atomic mass is 16.7. The van der Waals surface area contributed by atoms with Gasteiger partial charge in [-0.25, -0.2) is 14.4 Å². The lowest BCUT2D eigenvalue weighted by Gasteiger charge is -2.44. The molecule has 12 heteroatoms. The fourth-order valence-corrected chi connectivity index (χ4v) is 4.94. The zero-order chi connectivity index (χ0) is 30.8. The van der Waals surface area contributed by atoms with Crippen molar-refractivity contribution in [3.05, 3.63) is 29.3 Å². The van der Waals surface area contributed by atoms with Gasteiger partial charge in [0.2, 0.25) is 5.60 Å². The molecule has 12 nitrogen and oxygen atoms in total. The van der Waals surface area contributed by atoms with Crippen molar-refractivity contribution in [3.63, 3.8) is 0 Å². The smallest absolute Gasteiger partial charge is 0.431 e. The van der Waals surface area contributed by atoms with Crippen LogP contribution >= 0.6 is 0 Å². The average molecular weight is 579 g/mol. The van der Waals surface area contributed by atoms with E-state index in [0.717, 1.165) is 11.1 Å². The van der Waals surface area contributed by atoms with Gasteiger partial charge in [-0.15, -0.1) is 0 Å². The molecule has 1 fully saturated rings. The highest BCUT2D eigenvalue weighted by molar-refractivity contribution is 5.98. The van der Waals surface area contributed by atoms with E-state index in [0.29, 0.717) is 43.7 Å². The van der Waals surface area contributed by atoms with Gasteiger partial charge in [-0.2, -0.15) is 5.48 Å². The van der Waals surface area contributed by atoms with E-state index in [1.54, 1.807) is 53.7 Å². The highest BCUT2D eigenvalue weighted by Gasteiger charge is 2.50. The molecule has 0 bridgehead atoms. The minimum atomic E-state index is -1.68. The molecule has 1 aliphatic carbocycles. The topological polar surface area (TPSA) is 188 Å². The molecule has 0 spiro atoms. The van der Waals surface area contributed by atoms with E-state index in [-0.39, 0.29) is 12.6 Å². The van der Waals surface area contributed by atoms with Crippen LogP contribution in [-0.2, 0) is 25.5 Å². The number of aliphatic hydroxyl groups excluding tert-OH is 2. The van der Waals surface area contributed by atoms with E-state index < -0.39 is 46.6 Å². The molecule has 1 amide bonds. The van der Waals surface area contributed by atoms with Gasteiger partial charge in [0.1, 0.15) is 28.9 Å². The highest BCUT2D eigenvalue weighted by Crippen LogP contribution is 2.37. The molecule has 0 radical (unpaired) electrons. The van der Waals surface area contributed by atoms with Crippen molar-refractivity contribution in [1.82, 2.24) is 5.48 Å². The monoisotopic (exact) mass is 578 g/mol. The van der Waals surface area contributed by atoms with Crippen molar-refractivity contribution in [2.75, 3.05) is 6.61 Å². The van der Waals surface area contributed by atoms with Gasteiger partial charge >= 0.3 is 12.1 Å². The van der Waals surface area contributed by atoms with E-state index >= 15 is 0 Å². The van der Waals surface area contributed by atoms with E-state index in [4.69, 9.17) is 35.6 Å². The second kappa shape index (κ2) is 12.1. The van der Waals surface area contributed by atoms with Gasteiger partial charge in [0, 0.05) is 11.1 Å². The lowest BCUT2D eigenvalue weighted by atomic mass is 9.70. The molecular formula is C29H46N4O8. The maximum atomic E-state index is 13.3. The first-order valence-electron chi connectivity index (χ1n) is 13.9. The standard InChI is InChI=1S/C29H46N4O8/c1-26(2,3)39-24(36)28(7,41-33-25(37)40-27(4,5)6)22-11-9-17-12-18(8-10-21(17)38-22)23(30)32-19-13-29(31,14-19)15-20(35)16-34/h8,10,12,19-20,22,34-35H,9,11,13-16,31H2,1-7H3,(H2,30,32)(H,33,37)/t19?,20?,22-,28+,29?/m1/s1. The van der Waals surface area contributed by atoms with Crippen LogP contribution in [0.4, 0.5) is 4.79 Å². The second-order valence-corrected chi connectivity index (χ2v) is 13.3. The molecule has 41 heavy (non-hydrogen) atoms. The zero-order valence-corrected chi connectivity index (χ0v) is 25.2. The van der Waals surface area contributed by atoms with Gasteiger partial charge in [0.25, 0.3) is 0 Å². The molecule has 230 valence electrons. The first-order chi connectivity index (χ1) is 18.8. The summed E-state index contributed by atoms with van der Waals surface area (Å²) in [5, 5.41) is 18.8. The number of carbonyl (C=O) groups excluding carboxylic acids is 2. The number of esters is 1. The molecular weight excluding hydrogens is 532 g/mol. The van der Waals surface area contributed by atoms with Gasteiger partial charge in [-0.1, -0.05) is 0 Å². The van der Waals surface area contributed by atoms with Crippen LogP contribution in [0.5, 0.6) is 5.75 Å². The summed E-state index contributed by atoms with van der Waals surface area (Å²) in [6.07, 6.45) is -0.0745. The van der Waals surface area contributed by atoms with Crippen molar-refractivity contribution in [2.45, 2.75) is 121 Å². The number of amides is 1. The Morgan fingerprint density at radius 1 is 1.15 bits per heavy atom. The normalized spacial score (nSPS) is 25.1. The Kier molecular flexibility index (Phi) is 9.64. The van der Waals surface area contributed by atoms with E-state index in [9.17, 15) is 14.7 Å². The number of fused-ring (bicyclic) bond motifs is 1. The number of nitrogens with zero attached hydrogens (tertiary/aromatic N) is 1. The summed E-state index contributed by atoms with van der Waals surface area (Å²) in [7, 11) is 0. The molecule has 1 unspecified atom stereocenters. The molecule has 1 saturated carbocycles. The summed E-state index contributed by atoms with van der Waals surface area (Å²) in [6, 6.07) is 5.39. The minimum Gasteiger partial charge on any atom is -0.486 e. The fourth-order valence-electron chi connectivity index (χ4n) is 4.94.